The van der Waals surface area contributed by atoms with Gasteiger partial charge in [-0.05, 0) is 42.1 Å². The second-order valence-electron chi connectivity index (χ2n) is 8.57. The average Bonchev–Trinajstić information content (AvgIpc) is 2.93. The maximum Gasteiger partial charge on any atom is 0.422 e. The zero-order chi connectivity index (χ0) is 27.4. The SMILES string of the molecule is Cc1ccc(NC(=O)c2ccc(OCC(F)(F)F)nc2)cc1Nc1nccc(-c2cncc3ccccc23)n1. The minimum Gasteiger partial charge on any atom is -0.468 e. The topological polar surface area (TPSA) is 102 Å². The number of carbonyl (C=O) groups excluding carboxylic acids is 1. The number of aryl methyl sites for hydroxylation is 1. The summed E-state index contributed by atoms with van der Waals surface area (Å²) in [5, 5.41) is 7.98. The van der Waals surface area contributed by atoms with Gasteiger partial charge in [0, 0.05) is 53.2 Å². The lowest BCUT2D eigenvalue weighted by Crippen LogP contribution is -2.19. The van der Waals surface area contributed by atoms with Crippen LogP contribution in [0.2, 0.25) is 0 Å². The van der Waals surface area contributed by atoms with E-state index >= 15 is 0 Å². The van der Waals surface area contributed by atoms with Crippen molar-refractivity contribution >= 4 is 34.0 Å². The van der Waals surface area contributed by atoms with Crippen molar-refractivity contribution in [3.63, 3.8) is 0 Å². The summed E-state index contributed by atoms with van der Waals surface area (Å²) < 4.78 is 41.5. The molecule has 0 fully saturated rings. The van der Waals surface area contributed by atoms with Gasteiger partial charge >= 0.3 is 6.18 Å². The number of hydrogen-bond acceptors (Lipinski definition) is 7. The van der Waals surface area contributed by atoms with E-state index in [2.05, 4.69) is 35.3 Å². The Morgan fingerprint density at radius 1 is 0.974 bits per heavy atom. The summed E-state index contributed by atoms with van der Waals surface area (Å²) in [7, 11) is 0. The fourth-order valence-electron chi connectivity index (χ4n) is 3.80. The van der Waals surface area contributed by atoms with E-state index in [0.717, 1.165) is 28.1 Å². The normalized spacial score (nSPS) is 11.3. The van der Waals surface area contributed by atoms with E-state index < -0.39 is 18.7 Å². The van der Waals surface area contributed by atoms with Gasteiger partial charge in [-0.3, -0.25) is 9.78 Å². The minimum absolute atomic E-state index is 0.157. The van der Waals surface area contributed by atoms with Gasteiger partial charge in [0.15, 0.2) is 6.61 Å². The maximum absolute atomic E-state index is 12.7. The Morgan fingerprint density at radius 2 is 1.82 bits per heavy atom. The van der Waals surface area contributed by atoms with Gasteiger partial charge in [-0.2, -0.15) is 13.2 Å². The van der Waals surface area contributed by atoms with Crippen molar-refractivity contribution < 1.29 is 22.7 Å². The predicted molar refractivity (Wildman–Crippen MR) is 141 cm³/mol. The first-order chi connectivity index (χ1) is 18.7. The summed E-state index contributed by atoms with van der Waals surface area (Å²) in [6, 6.07) is 17.5. The van der Waals surface area contributed by atoms with Crippen LogP contribution in [0.4, 0.5) is 30.5 Å². The van der Waals surface area contributed by atoms with Crippen molar-refractivity contribution in [3.8, 4) is 17.1 Å². The molecule has 0 aliphatic carbocycles. The lowest BCUT2D eigenvalue weighted by molar-refractivity contribution is -0.154. The number of rotatable bonds is 7. The number of amides is 1. The molecule has 2 aromatic carbocycles. The third-order valence-electron chi connectivity index (χ3n) is 5.72. The molecule has 0 spiro atoms. The molecule has 3 heterocycles. The van der Waals surface area contributed by atoms with Crippen molar-refractivity contribution in [2.24, 2.45) is 0 Å². The first-order valence-electron chi connectivity index (χ1n) is 11.8. The highest BCUT2D eigenvalue weighted by Gasteiger charge is 2.28. The molecule has 11 heteroatoms. The fraction of sp³-hybridized carbons (Fsp3) is 0.107. The van der Waals surface area contributed by atoms with Crippen LogP contribution in [0, 0.1) is 6.92 Å². The quantitative estimate of drug-likeness (QED) is 0.253. The Balaban J connectivity index is 1.31. The molecule has 0 aliphatic heterocycles. The molecule has 0 unspecified atom stereocenters. The Kier molecular flexibility index (Phi) is 7.04. The summed E-state index contributed by atoms with van der Waals surface area (Å²) in [6.45, 7) is 0.437. The van der Waals surface area contributed by atoms with E-state index in [1.165, 1.54) is 12.1 Å². The van der Waals surface area contributed by atoms with Crippen molar-refractivity contribution in [2.45, 2.75) is 13.1 Å². The molecule has 0 atom stereocenters. The number of fused-ring (bicyclic) bond motifs is 1. The lowest BCUT2D eigenvalue weighted by Gasteiger charge is -2.13. The average molecular weight is 531 g/mol. The van der Waals surface area contributed by atoms with Crippen LogP contribution in [0.15, 0.2) is 85.5 Å². The van der Waals surface area contributed by atoms with Gasteiger partial charge in [-0.1, -0.05) is 30.3 Å². The third kappa shape index (κ3) is 6.27. The van der Waals surface area contributed by atoms with E-state index in [1.54, 1.807) is 30.7 Å². The zero-order valence-corrected chi connectivity index (χ0v) is 20.5. The second kappa shape index (κ2) is 10.7. The number of aromatic nitrogens is 4. The van der Waals surface area contributed by atoms with Gasteiger partial charge in [0.1, 0.15) is 0 Å². The number of pyridine rings is 2. The summed E-state index contributed by atoms with van der Waals surface area (Å²) in [5.41, 5.74) is 3.79. The van der Waals surface area contributed by atoms with Crippen LogP contribution >= 0.6 is 0 Å². The second-order valence-corrected chi connectivity index (χ2v) is 8.57. The number of halogens is 3. The Hall–Kier alpha value is -5.06. The van der Waals surface area contributed by atoms with E-state index in [9.17, 15) is 18.0 Å². The van der Waals surface area contributed by atoms with Crippen molar-refractivity contribution in [2.75, 3.05) is 17.2 Å². The highest BCUT2D eigenvalue weighted by atomic mass is 19.4. The van der Waals surface area contributed by atoms with Gasteiger partial charge < -0.3 is 15.4 Å². The number of nitrogens with one attached hydrogen (secondary N) is 2. The van der Waals surface area contributed by atoms with E-state index in [4.69, 9.17) is 0 Å². The number of benzene rings is 2. The Morgan fingerprint density at radius 3 is 2.62 bits per heavy atom. The molecule has 39 heavy (non-hydrogen) atoms. The van der Waals surface area contributed by atoms with Crippen LogP contribution in [0.25, 0.3) is 22.0 Å². The third-order valence-corrected chi connectivity index (χ3v) is 5.72. The molecule has 0 radical (unpaired) electrons. The molecule has 0 aliphatic rings. The monoisotopic (exact) mass is 530 g/mol. The van der Waals surface area contributed by atoms with Crippen LogP contribution in [0.1, 0.15) is 15.9 Å². The number of nitrogens with zero attached hydrogens (tertiary/aromatic N) is 4. The summed E-state index contributed by atoms with van der Waals surface area (Å²) >= 11 is 0. The van der Waals surface area contributed by atoms with Crippen LogP contribution in [-0.4, -0.2) is 38.6 Å². The minimum atomic E-state index is -4.48. The Bertz CT molecular complexity index is 1640. The number of anilines is 3. The number of ether oxygens (including phenoxy) is 1. The van der Waals surface area contributed by atoms with Crippen molar-refractivity contribution in [1.82, 2.24) is 19.9 Å². The van der Waals surface area contributed by atoms with E-state index in [1.807, 2.05) is 43.3 Å². The summed E-state index contributed by atoms with van der Waals surface area (Å²) in [5.74, 6) is -0.348. The smallest absolute Gasteiger partial charge is 0.422 e. The fourth-order valence-corrected chi connectivity index (χ4v) is 3.80. The molecule has 8 nitrogen and oxygen atoms in total. The van der Waals surface area contributed by atoms with Crippen molar-refractivity contribution in [1.29, 1.82) is 0 Å². The summed E-state index contributed by atoms with van der Waals surface area (Å²) in [4.78, 5) is 29.8. The van der Waals surface area contributed by atoms with Gasteiger partial charge in [0.25, 0.3) is 5.91 Å². The summed E-state index contributed by atoms with van der Waals surface area (Å²) in [6.07, 6.45) is 1.89. The van der Waals surface area contributed by atoms with Crippen molar-refractivity contribution in [3.05, 3.63) is 96.6 Å². The largest absolute Gasteiger partial charge is 0.468 e. The van der Waals surface area contributed by atoms with Crippen LogP contribution in [0.3, 0.4) is 0 Å². The van der Waals surface area contributed by atoms with Crippen LogP contribution in [-0.2, 0) is 0 Å². The molecular weight excluding hydrogens is 509 g/mol. The zero-order valence-electron chi connectivity index (χ0n) is 20.5. The molecule has 0 bridgehead atoms. The van der Waals surface area contributed by atoms with E-state index in [-0.39, 0.29) is 11.4 Å². The molecule has 3 aromatic heterocycles. The lowest BCUT2D eigenvalue weighted by atomic mass is 10.1. The first kappa shape index (κ1) is 25.6. The maximum atomic E-state index is 12.7. The highest BCUT2D eigenvalue weighted by Crippen LogP contribution is 2.28. The van der Waals surface area contributed by atoms with E-state index in [0.29, 0.717) is 23.0 Å². The Labute approximate surface area is 220 Å². The van der Waals surface area contributed by atoms with Gasteiger partial charge in [-0.15, -0.1) is 0 Å². The molecule has 2 N–H and O–H groups in total. The molecule has 0 saturated carbocycles. The van der Waals surface area contributed by atoms with Crippen LogP contribution < -0.4 is 15.4 Å². The molecule has 1 amide bonds. The van der Waals surface area contributed by atoms with Gasteiger partial charge in [0.2, 0.25) is 11.8 Å². The molecule has 196 valence electrons. The highest BCUT2D eigenvalue weighted by molar-refractivity contribution is 6.04. The van der Waals surface area contributed by atoms with Gasteiger partial charge in [-0.25, -0.2) is 15.0 Å². The van der Waals surface area contributed by atoms with Gasteiger partial charge in [0.05, 0.1) is 11.3 Å². The molecule has 5 aromatic rings. The predicted octanol–water partition coefficient (Wildman–Crippen LogP) is 6.33. The number of alkyl halides is 3. The standard InChI is InChI=1S/C28H21F3N6O2/c1-17-6-8-20(35-26(38)19-7-9-25(34-14-19)39-16-28(29,30)31)12-24(17)37-27-33-11-10-23(36-27)22-15-32-13-18-4-2-3-5-21(18)22/h2-15H,16H2,1H3,(H,35,38)(H,33,36,37). The molecular formula is C28H21F3N6O2. The number of hydrogen-bond donors (Lipinski definition) is 2. The molecule has 0 saturated heterocycles. The molecule has 5 rings (SSSR count). The van der Waals surface area contributed by atoms with Crippen LogP contribution in [0.5, 0.6) is 5.88 Å². The first-order valence-corrected chi connectivity index (χ1v) is 11.8. The number of carbonyl (C=O) groups is 1.